The predicted octanol–water partition coefficient (Wildman–Crippen LogP) is 3.40. The van der Waals surface area contributed by atoms with E-state index in [0.717, 1.165) is 31.2 Å². The maximum absolute atomic E-state index is 13.8. The quantitative estimate of drug-likeness (QED) is 0.404. The molecule has 1 aliphatic carbocycles. The van der Waals surface area contributed by atoms with Gasteiger partial charge in [-0.05, 0) is 49.2 Å². The lowest BCUT2D eigenvalue weighted by atomic mass is 9.87. The van der Waals surface area contributed by atoms with Crippen molar-refractivity contribution < 1.29 is 22.7 Å². The first-order chi connectivity index (χ1) is 20.8. The van der Waals surface area contributed by atoms with Crippen molar-refractivity contribution in [2.24, 2.45) is 5.92 Å². The van der Waals surface area contributed by atoms with E-state index in [0.29, 0.717) is 86.0 Å². The number of hydrogen-bond acceptors (Lipinski definition) is 9. The fourth-order valence-electron chi connectivity index (χ4n) is 6.13. The average Bonchev–Trinajstić information content (AvgIpc) is 3.69. The Kier molecular flexibility index (Phi) is 9.05. The molecule has 2 aromatic heterocycles. The zero-order chi connectivity index (χ0) is 30.0. The summed E-state index contributed by atoms with van der Waals surface area (Å²) in [5, 5.41) is 3.43. The Morgan fingerprint density at radius 2 is 1.67 bits per heavy atom. The van der Waals surface area contributed by atoms with Crippen molar-refractivity contribution >= 4 is 48.7 Å². The Labute approximate surface area is 256 Å². The molecule has 3 aromatic rings. The minimum Gasteiger partial charge on any atom is -0.378 e. The number of anilines is 1. The van der Waals surface area contributed by atoms with Crippen LogP contribution in [0.3, 0.4) is 0 Å². The van der Waals surface area contributed by atoms with Crippen LogP contribution >= 0.6 is 11.3 Å². The van der Waals surface area contributed by atoms with Gasteiger partial charge in [-0.25, -0.2) is 18.4 Å². The molecule has 43 heavy (non-hydrogen) atoms. The summed E-state index contributed by atoms with van der Waals surface area (Å²) < 4.78 is 33.4. The van der Waals surface area contributed by atoms with Crippen molar-refractivity contribution in [3.05, 3.63) is 47.7 Å². The van der Waals surface area contributed by atoms with Crippen molar-refractivity contribution in [2.45, 2.75) is 42.9 Å². The van der Waals surface area contributed by atoms with E-state index in [9.17, 15) is 18.0 Å². The molecule has 2 amide bonds. The maximum atomic E-state index is 13.8. The van der Waals surface area contributed by atoms with E-state index in [1.165, 1.54) is 15.6 Å². The van der Waals surface area contributed by atoms with E-state index in [1.807, 2.05) is 7.05 Å². The number of amides is 2. The summed E-state index contributed by atoms with van der Waals surface area (Å²) in [4.78, 5) is 40.5. The van der Waals surface area contributed by atoms with E-state index in [-0.39, 0.29) is 16.7 Å². The molecule has 0 bridgehead atoms. The number of benzene rings is 1. The van der Waals surface area contributed by atoms with Gasteiger partial charge in [0.2, 0.25) is 15.9 Å². The highest BCUT2D eigenvalue weighted by Gasteiger charge is 2.30. The summed E-state index contributed by atoms with van der Waals surface area (Å²) in [6.07, 6.45) is 5.19. The highest BCUT2D eigenvalue weighted by atomic mass is 32.2. The maximum Gasteiger partial charge on any atom is 0.272 e. The van der Waals surface area contributed by atoms with Gasteiger partial charge < -0.3 is 19.9 Å². The Bertz CT molecular complexity index is 1560. The monoisotopic (exact) mass is 626 g/mol. The third-order valence-electron chi connectivity index (χ3n) is 8.75. The molecule has 230 valence electrons. The van der Waals surface area contributed by atoms with Gasteiger partial charge >= 0.3 is 0 Å². The number of carbonyl (C=O) groups excluding carboxylic acids is 2. The zero-order valence-corrected chi connectivity index (χ0v) is 26.0. The van der Waals surface area contributed by atoms with Crippen LogP contribution in [0.25, 0.3) is 10.3 Å². The number of likely N-dealkylation sites (N-methyl/N-ethyl adjacent to an activating group) is 1. The lowest BCUT2D eigenvalue weighted by Gasteiger charge is -2.31. The number of morpholine rings is 1. The van der Waals surface area contributed by atoms with Gasteiger partial charge in [0.1, 0.15) is 16.0 Å². The standard InChI is InChI=1S/C30H38N6O5S2/c1-34-12-14-36(15-13-34)43(39,40)23-8-6-22(7-9-23)24(20-21-4-2-3-5-21)27(37)33-30-32-25-10-11-26(31-28(25)42-30)29(38)35-16-18-41-19-17-35/h6-11,21,24H,2-5,12-20H2,1H3,(H,32,33,37)/t24-/m1/s1. The topological polar surface area (TPSA) is 125 Å². The van der Waals surface area contributed by atoms with Crippen LogP contribution < -0.4 is 5.32 Å². The number of sulfonamides is 1. The van der Waals surface area contributed by atoms with Gasteiger partial charge in [-0.3, -0.25) is 9.59 Å². The molecule has 3 fully saturated rings. The molecule has 4 heterocycles. The molecule has 13 heteroatoms. The number of piperazine rings is 1. The van der Waals surface area contributed by atoms with Gasteiger partial charge in [0.25, 0.3) is 5.91 Å². The van der Waals surface area contributed by atoms with Crippen molar-refractivity contribution in [3.8, 4) is 0 Å². The first-order valence-electron chi connectivity index (χ1n) is 15.0. The number of rotatable bonds is 8. The highest BCUT2D eigenvalue weighted by molar-refractivity contribution is 7.89. The molecule has 0 radical (unpaired) electrons. The number of nitrogens with zero attached hydrogens (tertiary/aromatic N) is 5. The second-order valence-corrected chi connectivity index (χ2v) is 14.6. The van der Waals surface area contributed by atoms with Crippen LogP contribution in [0.2, 0.25) is 0 Å². The summed E-state index contributed by atoms with van der Waals surface area (Å²) in [6.45, 7) is 4.44. The summed E-state index contributed by atoms with van der Waals surface area (Å²) in [7, 11) is -1.60. The van der Waals surface area contributed by atoms with E-state index in [4.69, 9.17) is 4.74 Å². The molecule has 0 spiro atoms. The molecule has 2 aliphatic heterocycles. The predicted molar refractivity (Wildman–Crippen MR) is 165 cm³/mol. The number of carbonyl (C=O) groups is 2. The van der Waals surface area contributed by atoms with E-state index in [2.05, 4.69) is 20.2 Å². The SMILES string of the molecule is CN1CCN(S(=O)(=O)c2ccc([C@@H](CC3CCCC3)C(=O)Nc3nc4ccc(C(=O)N5CCOCC5)nc4s3)cc2)CC1. The van der Waals surface area contributed by atoms with Crippen LogP contribution in [0.1, 0.15) is 54.1 Å². The van der Waals surface area contributed by atoms with Crippen LogP contribution in [0.4, 0.5) is 5.13 Å². The number of nitrogens with one attached hydrogen (secondary N) is 1. The summed E-state index contributed by atoms with van der Waals surface area (Å²) >= 11 is 1.24. The Morgan fingerprint density at radius 1 is 0.977 bits per heavy atom. The third kappa shape index (κ3) is 6.75. The molecule has 1 aromatic carbocycles. The Balaban J connectivity index is 1.19. The van der Waals surface area contributed by atoms with Gasteiger partial charge in [-0.2, -0.15) is 4.31 Å². The Morgan fingerprint density at radius 3 is 2.37 bits per heavy atom. The third-order valence-corrected chi connectivity index (χ3v) is 11.5. The highest BCUT2D eigenvalue weighted by Crippen LogP contribution is 2.36. The summed E-state index contributed by atoms with van der Waals surface area (Å²) in [6, 6.07) is 10.3. The smallest absolute Gasteiger partial charge is 0.272 e. The molecule has 1 atom stereocenters. The minimum absolute atomic E-state index is 0.140. The molecule has 1 saturated carbocycles. The van der Waals surface area contributed by atoms with Crippen LogP contribution in [-0.4, -0.2) is 104 Å². The molecular weight excluding hydrogens is 589 g/mol. The summed E-state index contributed by atoms with van der Waals surface area (Å²) in [5.74, 6) is -0.318. The van der Waals surface area contributed by atoms with Gasteiger partial charge in [0, 0.05) is 39.3 Å². The number of ether oxygens (including phenoxy) is 1. The van der Waals surface area contributed by atoms with Crippen molar-refractivity contribution in [3.63, 3.8) is 0 Å². The van der Waals surface area contributed by atoms with Crippen LogP contribution in [0, 0.1) is 5.92 Å². The second-order valence-electron chi connectivity index (χ2n) is 11.6. The number of aromatic nitrogens is 2. The minimum atomic E-state index is -3.59. The van der Waals surface area contributed by atoms with Gasteiger partial charge in [-0.1, -0.05) is 49.2 Å². The number of hydrogen-bond donors (Lipinski definition) is 1. The van der Waals surface area contributed by atoms with Crippen LogP contribution in [-0.2, 0) is 19.6 Å². The first kappa shape index (κ1) is 30.1. The van der Waals surface area contributed by atoms with Gasteiger partial charge in [-0.15, -0.1) is 0 Å². The first-order valence-corrected chi connectivity index (χ1v) is 17.3. The van der Waals surface area contributed by atoms with Crippen LogP contribution in [0.5, 0.6) is 0 Å². The van der Waals surface area contributed by atoms with E-state index >= 15 is 0 Å². The van der Waals surface area contributed by atoms with Crippen molar-refractivity contribution in [1.82, 2.24) is 24.1 Å². The molecule has 3 aliphatic rings. The Hall–Kier alpha value is -2.97. The second kappa shape index (κ2) is 12.9. The molecule has 1 N–H and O–H groups in total. The molecule has 11 nitrogen and oxygen atoms in total. The van der Waals surface area contributed by atoms with Crippen molar-refractivity contribution in [2.75, 3.05) is 64.8 Å². The molecule has 6 rings (SSSR count). The van der Waals surface area contributed by atoms with Gasteiger partial charge in [0.05, 0.1) is 24.0 Å². The zero-order valence-electron chi connectivity index (χ0n) is 24.4. The van der Waals surface area contributed by atoms with Crippen molar-refractivity contribution in [1.29, 1.82) is 0 Å². The fourth-order valence-corrected chi connectivity index (χ4v) is 8.40. The number of thiazole rings is 1. The lowest BCUT2D eigenvalue weighted by Crippen LogP contribution is -2.47. The number of fused-ring (bicyclic) bond motifs is 1. The number of pyridine rings is 1. The van der Waals surface area contributed by atoms with Crippen LogP contribution in [0.15, 0.2) is 41.3 Å². The van der Waals surface area contributed by atoms with Gasteiger partial charge in [0.15, 0.2) is 5.13 Å². The molecular formula is C30H38N6O5S2. The van der Waals surface area contributed by atoms with E-state index in [1.54, 1.807) is 41.3 Å². The fraction of sp³-hybridized carbons (Fsp3) is 0.533. The average molecular weight is 627 g/mol. The lowest BCUT2D eigenvalue weighted by molar-refractivity contribution is -0.118. The largest absolute Gasteiger partial charge is 0.378 e. The normalized spacial score (nSPS) is 20.0. The summed E-state index contributed by atoms with van der Waals surface area (Å²) in [5.41, 5.74) is 1.76. The molecule has 0 unspecified atom stereocenters. The van der Waals surface area contributed by atoms with E-state index < -0.39 is 15.9 Å². The molecule has 2 saturated heterocycles.